The first-order valence-electron chi connectivity index (χ1n) is 13.1. The van der Waals surface area contributed by atoms with Crippen LogP contribution < -0.4 is 31.9 Å². The second-order valence-corrected chi connectivity index (χ2v) is 13.4. The summed E-state index contributed by atoms with van der Waals surface area (Å²) in [6.45, 7) is 0.191. The van der Waals surface area contributed by atoms with Gasteiger partial charge in [0, 0.05) is 73.1 Å². The fourth-order valence-corrected chi connectivity index (χ4v) is 4.49. The predicted octanol–water partition coefficient (Wildman–Crippen LogP) is 1.11. The molecule has 266 valence electrons. The van der Waals surface area contributed by atoms with E-state index >= 15 is 0 Å². The van der Waals surface area contributed by atoms with E-state index in [1.807, 2.05) is 0 Å². The van der Waals surface area contributed by atoms with Gasteiger partial charge < -0.3 is 31.9 Å². The third kappa shape index (κ3) is 16.4. The van der Waals surface area contributed by atoms with E-state index in [1.54, 1.807) is 24.3 Å². The maximum absolute atomic E-state index is 11.1. The second-order valence-electron chi connectivity index (χ2n) is 8.65. The zero-order valence-corrected chi connectivity index (χ0v) is 27.6. The van der Waals surface area contributed by atoms with Crippen molar-refractivity contribution >= 4 is 91.4 Å². The Labute approximate surface area is 281 Å². The van der Waals surface area contributed by atoms with Crippen molar-refractivity contribution in [2.75, 3.05) is 81.1 Å². The molecular weight excluding hydrogens is 729 g/mol. The van der Waals surface area contributed by atoms with Crippen LogP contribution in [-0.4, -0.2) is 116 Å². The van der Waals surface area contributed by atoms with Gasteiger partial charge in [0.05, 0.1) is 11.5 Å². The minimum Gasteiger partial charge on any atom is -0.353 e. The minimum atomic E-state index is -4.26. The summed E-state index contributed by atoms with van der Waals surface area (Å²) in [5.41, 5.74) is 1.06. The van der Waals surface area contributed by atoms with E-state index in [0.717, 1.165) is 24.1 Å². The van der Waals surface area contributed by atoms with Gasteiger partial charge in [0.25, 0.3) is 20.2 Å². The third-order valence-corrected chi connectivity index (χ3v) is 7.54. The van der Waals surface area contributed by atoms with E-state index in [4.69, 9.17) is 19.6 Å². The van der Waals surface area contributed by atoms with Crippen LogP contribution in [0, 0.1) is 0 Å². The Morgan fingerprint density at radius 2 is 0.854 bits per heavy atom. The molecule has 2 aromatic heterocycles. The molecule has 0 aliphatic rings. The van der Waals surface area contributed by atoms with Gasteiger partial charge in [-0.05, 0) is 24.3 Å². The highest BCUT2D eigenvalue weighted by Gasteiger charge is 2.12. The summed E-state index contributed by atoms with van der Waals surface area (Å²) in [5.74, 6) is -0.127. The molecule has 28 heteroatoms. The molecule has 10 N–H and O–H groups in total. The van der Waals surface area contributed by atoms with Gasteiger partial charge in [-0.25, -0.2) is 10.5 Å². The molecule has 0 aliphatic carbocycles. The normalized spacial score (nSPS) is 11.6. The van der Waals surface area contributed by atoms with Crippen molar-refractivity contribution in [3.63, 3.8) is 0 Å². The Morgan fingerprint density at radius 1 is 0.542 bits per heavy atom. The van der Waals surface area contributed by atoms with E-state index in [9.17, 15) is 16.8 Å². The highest BCUT2D eigenvalue weighted by atomic mass is 32.2. The van der Waals surface area contributed by atoms with Crippen molar-refractivity contribution < 1.29 is 55.2 Å². The molecule has 0 fully saturated rings. The molecule has 0 amide bonds. The van der Waals surface area contributed by atoms with Gasteiger partial charge in [0.1, 0.15) is 0 Å². The first kappa shape index (κ1) is 38.8. The Morgan fingerprint density at radius 3 is 1.17 bits per heavy atom. The molecule has 1 aromatic carbocycles. The van der Waals surface area contributed by atoms with Crippen LogP contribution in [0.25, 0.3) is 0 Å². The first-order valence-corrected chi connectivity index (χ1v) is 18.2. The first-order chi connectivity index (χ1) is 22.9. The number of aromatic nitrogens is 6. The maximum Gasteiger partial charge on any atom is 0.266 e. The second kappa shape index (κ2) is 20.0. The maximum atomic E-state index is 11.1. The number of rotatable bonds is 24. The highest BCUT2D eigenvalue weighted by Crippen LogP contribution is 2.21. The summed E-state index contributed by atoms with van der Waals surface area (Å²) in [5, 5.41) is 40.8. The van der Waals surface area contributed by atoms with E-state index < -0.39 is 31.7 Å². The fourth-order valence-electron chi connectivity index (χ4n) is 3.18. The third-order valence-electron chi connectivity index (χ3n) is 5.05. The average molecular weight is 759 g/mol. The number of nitrogens with zero attached hydrogens (tertiary/aromatic N) is 6. The molecule has 0 saturated carbocycles. The monoisotopic (exact) mass is 758 g/mol. The molecule has 0 spiro atoms. The van der Waals surface area contributed by atoms with E-state index in [1.165, 1.54) is 0 Å². The van der Waals surface area contributed by atoms with Gasteiger partial charge in [-0.2, -0.15) is 46.7 Å². The van der Waals surface area contributed by atoms with Gasteiger partial charge in [-0.15, -0.1) is 8.67 Å². The van der Waals surface area contributed by atoms with Crippen molar-refractivity contribution in [1.29, 1.82) is 0 Å². The van der Waals surface area contributed by atoms with E-state index in [-0.39, 0.29) is 48.8 Å². The predicted molar refractivity (Wildman–Crippen MR) is 174 cm³/mol. The van der Waals surface area contributed by atoms with Crippen LogP contribution in [0.2, 0.25) is 0 Å². The Hall–Kier alpha value is -3.68. The summed E-state index contributed by atoms with van der Waals surface area (Å²) in [6.07, 6.45) is 0. The summed E-state index contributed by atoms with van der Waals surface area (Å²) in [6, 6.07) is 6.67. The van der Waals surface area contributed by atoms with Crippen LogP contribution in [0.5, 0.6) is 0 Å². The minimum absolute atomic E-state index is 0.0125. The van der Waals surface area contributed by atoms with Crippen LogP contribution in [-0.2, 0) is 39.0 Å². The summed E-state index contributed by atoms with van der Waals surface area (Å²) in [7, 11) is -8.52. The molecule has 2 heterocycles. The molecule has 24 nitrogen and oxygen atoms in total. The lowest BCUT2D eigenvalue weighted by Crippen LogP contribution is -2.19. The van der Waals surface area contributed by atoms with Crippen molar-refractivity contribution in [3.05, 3.63) is 24.3 Å². The number of benzene rings is 1. The van der Waals surface area contributed by atoms with E-state index in [2.05, 4.69) is 80.5 Å². The molecule has 48 heavy (non-hydrogen) atoms. The van der Waals surface area contributed by atoms with Gasteiger partial charge in [0.2, 0.25) is 35.7 Å². The van der Waals surface area contributed by atoms with Crippen molar-refractivity contribution in [2.24, 2.45) is 0 Å². The Bertz CT molecular complexity index is 1560. The number of hydrogen-bond donors (Lipinski definition) is 10. The lowest BCUT2D eigenvalue weighted by molar-refractivity contribution is -0.432. The summed E-state index contributed by atoms with van der Waals surface area (Å²) < 4.78 is 70.8. The zero-order chi connectivity index (χ0) is 34.8. The number of nitrogens with one attached hydrogen (secondary N) is 6. The molecule has 0 saturated heterocycles. The van der Waals surface area contributed by atoms with Crippen molar-refractivity contribution in [2.45, 2.75) is 0 Å². The largest absolute Gasteiger partial charge is 0.353 e. The average Bonchev–Trinajstić information content (AvgIpc) is 3.00. The van der Waals surface area contributed by atoms with Crippen molar-refractivity contribution in [3.8, 4) is 0 Å². The topological polar surface area (TPSA) is 336 Å². The highest BCUT2D eigenvalue weighted by molar-refractivity contribution is 7.94. The fraction of sp³-hybridized carbons (Fsp3) is 0.400. The SMILES string of the molecule is O=S(=O)(O)CCNc1nc(NCCS(=O)(=O)O)nc(Nc2ccc(Nc3nc(NCCSOOO)nc(NCCSOOO)n3)cc2)n1. The molecule has 0 aliphatic heterocycles. The smallest absolute Gasteiger partial charge is 0.266 e. The summed E-state index contributed by atoms with van der Waals surface area (Å²) >= 11 is 1.69. The van der Waals surface area contributed by atoms with Gasteiger partial charge in [-0.1, -0.05) is 10.1 Å². The van der Waals surface area contributed by atoms with Gasteiger partial charge >= 0.3 is 0 Å². The van der Waals surface area contributed by atoms with Gasteiger partial charge in [0.15, 0.2) is 0 Å². The standard InChI is InChI=1S/C20H30N12O12S4/c33-41-43-45-9-5-21-15-27-16(22-6-10-46-44-42-34)30-19(29-15)25-13-1-3-14(4-2-13)26-20-31-17(23-7-11-47(35,36)37)28-18(32-20)24-8-12-48(38,39)40/h1-4,33-34H,5-12H2,(H,35,36,37)(H,38,39,40)(H3,21,22,25,27,29,30)(H3,23,24,26,28,31,32). The van der Waals surface area contributed by atoms with Crippen LogP contribution in [0.15, 0.2) is 24.3 Å². The Kier molecular flexibility index (Phi) is 16.1. The van der Waals surface area contributed by atoms with Crippen LogP contribution in [0.1, 0.15) is 0 Å². The number of anilines is 8. The molecule has 0 unspecified atom stereocenters. The molecule has 3 rings (SSSR count). The summed E-state index contributed by atoms with van der Waals surface area (Å²) in [4.78, 5) is 25.3. The molecule has 0 radical (unpaired) electrons. The number of hydrogen-bond acceptors (Lipinski definition) is 24. The molecule has 0 bridgehead atoms. The lowest BCUT2D eigenvalue weighted by Gasteiger charge is -2.12. The molecule has 0 atom stereocenters. The van der Waals surface area contributed by atoms with E-state index in [0.29, 0.717) is 36.0 Å². The van der Waals surface area contributed by atoms with Crippen LogP contribution in [0.3, 0.4) is 0 Å². The van der Waals surface area contributed by atoms with Crippen molar-refractivity contribution in [1.82, 2.24) is 29.9 Å². The zero-order valence-electron chi connectivity index (χ0n) is 24.3. The quantitative estimate of drug-likeness (QED) is 0.0201. The molecule has 3 aromatic rings. The lowest BCUT2D eigenvalue weighted by atomic mass is 10.3. The molecular formula is C20H30N12O12S4. The van der Waals surface area contributed by atoms with Gasteiger partial charge in [-0.3, -0.25) is 9.11 Å². The Balaban J connectivity index is 1.71. The van der Waals surface area contributed by atoms with Crippen LogP contribution in [0.4, 0.5) is 47.1 Å². The van der Waals surface area contributed by atoms with Crippen LogP contribution >= 0.6 is 24.1 Å².